The van der Waals surface area contributed by atoms with Gasteiger partial charge in [-0.25, -0.2) is 0 Å². The summed E-state index contributed by atoms with van der Waals surface area (Å²) in [5.41, 5.74) is 0.505. The molecule has 5 heteroatoms. The third-order valence-corrected chi connectivity index (χ3v) is 2.58. The lowest BCUT2D eigenvalue weighted by atomic mass is 10.2. The van der Waals surface area contributed by atoms with E-state index < -0.39 is 0 Å². The number of hydrogen-bond acceptors (Lipinski definition) is 4. The Bertz CT molecular complexity index is 445. The molecule has 1 N–H and O–H groups in total. The van der Waals surface area contributed by atoms with E-state index in [4.69, 9.17) is 9.47 Å². The van der Waals surface area contributed by atoms with E-state index >= 15 is 0 Å². The van der Waals surface area contributed by atoms with Gasteiger partial charge in [-0.1, -0.05) is 12.1 Å². The van der Waals surface area contributed by atoms with Gasteiger partial charge in [0.05, 0.1) is 18.8 Å². The van der Waals surface area contributed by atoms with Gasteiger partial charge in [-0.3, -0.25) is 9.59 Å². The van der Waals surface area contributed by atoms with Gasteiger partial charge < -0.3 is 14.8 Å². The molecule has 1 aromatic carbocycles. The van der Waals surface area contributed by atoms with E-state index in [0.717, 1.165) is 0 Å². The highest BCUT2D eigenvalue weighted by Gasteiger charge is 2.11. The van der Waals surface area contributed by atoms with Crippen molar-refractivity contribution in [2.75, 3.05) is 19.8 Å². The molecule has 5 nitrogen and oxygen atoms in total. The Labute approximate surface area is 119 Å². The zero-order valence-corrected chi connectivity index (χ0v) is 12.0. The van der Waals surface area contributed by atoms with E-state index in [1.54, 1.807) is 25.1 Å². The summed E-state index contributed by atoms with van der Waals surface area (Å²) >= 11 is 0. The average molecular weight is 279 g/mol. The number of hydrogen-bond donors (Lipinski definition) is 1. The van der Waals surface area contributed by atoms with Crippen molar-refractivity contribution in [2.24, 2.45) is 0 Å². The molecule has 0 aliphatic rings. The maximum absolute atomic E-state index is 12.0. The third kappa shape index (κ3) is 5.30. The van der Waals surface area contributed by atoms with Crippen molar-refractivity contribution in [3.05, 3.63) is 29.8 Å². The summed E-state index contributed by atoms with van der Waals surface area (Å²) in [5, 5.41) is 2.77. The van der Waals surface area contributed by atoms with Crippen LogP contribution in [0.4, 0.5) is 0 Å². The second-order valence-corrected chi connectivity index (χ2v) is 4.09. The van der Waals surface area contributed by atoms with Crippen molar-refractivity contribution in [2.45, 2.75) is 26.7 Å². The van der Waals surface area contributed by atoms with Crippen LogP contribution in [0, 0.1) is 0 Å². The first-order valence-corrected chi connectivity index (χ1v) is 6.84. The lowest BCUT2D eigenvalue weighted by Crippen LogP contribution is -2.25. The highest BCUT2D eigenvalue weighted by atomic mass is 16.5. The van der Waals surface area contributed by atoms with Crippen LogP contribution < -0.4 is 10.1 Å². The third-order valence-electron chi connectivity index (χ3n) is 2.58. The Morgan fingerprint density at radius 2 is 1.90 bits per heavy atom. The number of ether oxygens (including phenoxy) is 2. The van der Waals surface area contributed by atoms with Crippen LogP contribution in [-0.4, -0.2) is 31.6 Å². The molecule has 0 aromatic heterocycles. The lowest BCUT2D eigenvalue weighted by Gasteiger charge is -2.10. The Morgan fingerprint density at radius 1 is 1.15 bits per heavy atom. The summed E-state index contributed by atoms with van der Waals surface area (Å²) in [4.78, 5) is 23.1. The maximum atomic E-state index is 12.0. The minimum atomic E-state index is -0.239. The molecule has 0 heterocycles. The summed E-state index contributed by atoms with van der Waals surface area (Å²) in [6, 6.07) is 7.08. The van der Waals surface area contributed by atoms with Crippen LogP contribution >= 0.6 is 0 Å². The Kier molecular flexibility index (Phi) is 7.17. The molecule has 1 aromatic rings. The topological polar surface area (TPSA) is 64.6 Å². The summed E-state index contributed by atoms with van der Waals surface area (Å²) in [7, 11) is 0. The molecule has 0 unspecified atom stereocenters. The van der Waals surface area contributed by atoms with Crippen LogP contribution in [0.3, 0.4) is 0 Å². The second kappa shape index (κ2) is 8.96. The minimum Gasteiger partial charge on any atom is -0.493 e. The van der Waals surface area contributed by atoms with Gasteiger partial charge in [-0.2, -0.15) is 0 Å². The Hall–Kier alpha value is -2.04. The monoisotopic (exact) mass is 279 g/mol. The number of para-hydroxylation sites is 1. The smallest absolute Gasteiger partial charge is 0.305 e. The average Bonchev–Trinajstić information content (AvgIpc) is 2.44. The van der Waals surface area contributed by atoms with Crippen LogP contribution in [0.1, 0.15) is 37.0 Å². The Morgan fingerprint density at radius 3 is 2.60 bits per heavy atom. The zero-order valence-electron chi connectivity index (χ0n) is 12.0. The van der Waals surface area contributed by atoms with Gasteiger partial charge in [0.2, 0.25) is 0 Å². The molecule has 0 atom stereocenters. The predicted octanol–water partition coefficient (Wildman–Crippen LogP) is 2.16. The fourth-order valence-electron chi connectivity index (χ4n) is 1.70. The van der Waals surface area contributed by atoms with E-state index in [9.17, 15) is 9.59 Å². The first-order valence-electron chi connectivity index (χ1n) is 6.84. The number of esters is 1. The molecule has 0 saturated heterocycles. The number of carbonyl (C=O) groups excluding carboxylic acids is 2. The SMILES string of the molecule is CCOC(=O)CCCNC(=O)c1ccccc1OCC. The van der Waals surface area contributed by atoms with Gasteiger partial charge in [-0.05, 0) is 32.4 Å². The molecule has 1 amide bonds. The van der Waals surface area contributed by atoms with Gasteiger partial charge in [0, 0.05) is 13.0 Å². The van der Waals surface area contributed by atoms with Crippen LogP contribution in [0.2, 0.25) is 0 Å². The number of rotatable bonds is 8. The van der Waals surface area contributed by atoms with E-state index in [0.29, 0.717) is 43.9 Å². The van der Waals surface area contributed by atoms with Gasteiger partial charge >= 0.3 is 5.97 Å². The largest absolute Gasteiger partial charge is 0.493 e. The molecule has 20 heavy (non-hydrogen) atoms. The van der Waals surface area contributed by atoms with Crippen LogP contribution in [0.15, 0.2) is 24.3 Å². The van der Waals surface area contributed by atoms with Crippen LogP contribution in [-0.2, 0) is 9.53 Å². The maximum Gasteiger partial charge on any atom is 0.305 e. The van der Waals surface area contributed by atoms with Gasteiger partial charge in [0.25, 0.3) is 5.91 Å². The second-order valence-electron chi connectivity index (χ2n) is 4.09. The molecule has 0 fully saturated rings. The molecular weight excluding hydrogens is 258 g/mol. The standard InChI is InChI=1S/C15H21NO4/c1-3-19-13-9-6-5-8-12(13)15(18)16-11-7-10-14(17)20-4-2/h5-6,8-9H,3-4,7,10-11H2,1-2H3,(H,16,18). The summed E-state index contributed by atoms with van der Waals surface area (Å²) in [5.74, 6) is 0.132. The molecule has 0 spiro atoms. The van der Waals surface area contributed by atoms with E-state index in [1.807, 2.05) is 13.0 Å². The van der Waals surface area contributed by atoms with Crippen molar-refractivity contribution in [3.63, 3.8) is 0 Å². The molecule has 1 rings (SSSR count). The minimum absolute atomic E-state index is 0.196. The Balaban J connectivity index is 2.41. The van der Waals surface area contributed by atoms with Crippen molar-refractivity contribution in [1.82, 2.24) is 5.32 Å². The lowest BCUT2D eigenvalue weighted by molar-refractivity contribution is -0.143. The molecule has 0 aliphatic heterocycles. The van der Waals surface area contributed by atoms with E-state index in [-0.39, 0.29) is 11.9 Å². The first-order chi connectivity index (χ1) is 9.69. The van der Waals surface area contributed by atoms with Crippen molar-refractivity contribution < 1.29 is 19.1 Å². The summed E-state index contributed by atoms with van der Waals surface area (Å²) in [6.07, 6.45) is 0.864. The number of amides is 1. The number of nitrogens with one attached hydrogen (secondary N) is 1. The van der Waals surface area contributed by atoms with Crippen molar-refractivity contribution >= 4 is 11.9 Å². The van der Waals surface area contributed by atoms with Crippen molar-refractivity contribution in [1.29, 1.82) is 0 Å². The predicted molar refractivity (Wildman–Crippen MR) is 75.8 cm³/mol. The van der Waals surface area contributed by atoms with E-state index in [1.165, 1.54) is 0 Å². The van der Waals surface area contributed by atoms with Crippen LogP contribution in [0.25, 0.3) is 0 Å². The molecular formula is C15H21NO4. The fourth-order valence-corrected chi connectivity index (χ4v) is 1.70. The first kappa shape index (κ1) is 16.0. The van der Waals surface area contributed by atoms with Crippen LogP contribution in [0.5, 0.6) is 5.75 Å². The number of carbonyl (C=O) groups is 2. The molecule has 0 aliphatic carbocycles. The normalized spacial score (nSPS) is 9.90. The molecule has 110 valence electrons. The molecule has 0 bridgehead atoms. The van der Waals surface area contributed by atoms with Gasteiger partial charge in [0.15, 0.2) is 0 Å². The highest BCUT2D eigenvalue weighted by Crippen LogP contribution is 2.17. The number of benzene rings is 1. The van der Waals surface area contributed by atoms with E-state index in [2.05, 4.69) is 5.32 Å². The zero-order chi connectivity index (χ0) is 14.8. The quantitative estimate of drug-likeness (QED) is 0.585. The van der Waals surface area contributed by atoms with Gasteiger partial charge in [-0.15, -0.1) is 0 Å². The molecule has 0 saturated carbocycles. The highest BCUT2D eigenvalue weighted by molar-refractivity contribution is 5.96. The summed E-state index contributed by atoms with van der Waals surface area (Å²) in [6.45, 7) is 4.95. The van der Waals surface area contributed by atoms with Crippen molar-refractivity contribution in [3.8, 4) is 5.75 Å². The molecule has 0 radical (unpaired) electrons. The van der Waals surface area contributed by atoms with Gasteiger partial charge in [0.1, 0.15) is 5.75 Å². The fraction of sp³-hybridized carbons (Fsp3) is 0.467. The summed E-state index contributed by atoms with van der Waals surface area (Å²) < 4.78 is 10.2.